The highest BCUT2D eigenvalue weighted by atomic mass is 79.9. The fraction of sp³-hybridized carbons (Fsp3) is 0.500. The molecule has 0 spiro atoms. The van der Waals surface area contributed by atoms with Crippen molar-refractivity contribution in [3.8, 4) is 0 Å². The maximum absolute atomic E-state index is 5.55. The van der Waals surface area contributed by atoms with Crippen LogP contribution in [0.15, 0.2) is 21.6 Å². The van der Waals surface area contributed by atoms with Gasteiger partial charge in [0.2, 0.25) is 5.96 Å². The summed E-state index contributed by atoms with van der Waals surface area (Å²) in [6, 6.07) is 4.56. The van der Waals surface area contributed by atoms with Crippen molar-refractivity contribution in [2.45, 2.75) is 45.6 Å². The third-order valence-corrected chi connectivity index (χ3v) is 4.72. The molecule has 1 saturated carbocycles. The van der Waals surface area contributed by atoms with E-state index in [4.69, 9.17) is 5.84 Å². The molecule has 0 atom stereocenters. The minimum Gasteiger partial charge on any atom is -0.325 e. The second-order valence-electron chi connectivity index (χ2n) is 5.11. The highest BCUT2D eigenvalue weighted by Gasteiger charge is 2.14. The van der Waals surface area contributed by atoms with Gasteiger partial charge in [-0.2, -0.15) is 0 Å². The second-order valence-corrected chi connectivity index (χ2v) is 5.90. The van der Waals surface area contributed by atoms with Gasteiger partial charge >= 0.3 is 0 Å². The number of guanidine groups is 1. The molecule has 0 heterocycles. The Hall–Kier alpha value is -1.07. The van der Waals surface area contributed by atoms with Gasteiger partial charge < -0.3 is 5.32 Å². The molecule has 1 aromatic rings. The van der Waals surface area contributed by atoms with E-state index in [-0.39, 0.29) is 0 Å². The number of benzene rings is 1. The van der Waals surface area contributed by atoms with Crippen molar-refractivity contribution in [1.82, 2.24) is 5.43 Å². The van der Waals surface area contributed by atoms with Crippen LogP contribution in [0, 0.1) is 13.8 Å². The number of aryl methyl sites for hydroxylation is 2. The predicted octanol–water partition coefficient (Wildman–Crippen LogP) is 3.24. The number of nitrogens with zero attached hydrogens (tertiary/aromatic N) is 1. The van der Waals surface area contributed by atoms with Gasteiger partial charge in [-0.15, -0.1) is 0 Å². The molecule has 1 aliphatic carbocycles. The van der Waals surface area contributed by atoms with Crippen molar-refractivity contribution >= 4 is 27.6 Å². The maximum Gasteiger partial charge on any atom is 0.210 e. The monoisotopic (exact) mass is 324 g/mol. The summed E-state index contributed by atoms with van der Waals surface area (Å²) in [6.07, 6.45) is 4.85. The Bertz CT molecular complexity index is 455. The van der Waals surface area contributed by atoms with E-state index in [0.29, 0.717) is 12.0 Å². The minimum absolute atomic E-state index is 0.399. The summed E-state index contributed by atoms with van der Waals surface area (Å²) in [4.78, 5) is 4.63. The average molecular weight is 325 g/mol. The van der Waals surface area contributed by atoms with E-state index in [1.165, 1.54) is 24.0 Å². The van der Waals surface area contributed by atoms with E-state index in [9.17, 15) is 0 Å². The van der Waals surface area contributed by atoms with Crippen molar-refractivity contribution in [1.29, 1.82) is 0 Å². The van der Waals surface area contributed by atoms with Crippen LogP contribution in [0.3, 0.4) is 0 Å². The van der Waals surface area contributed by atoms with Crippen molar-refractivity contribution in [3.05, 3.63) is 27.7 Å². The van der Waals surface area contributed by atoms with E-state index in [1.807, 2.05) is 0 Å². The van der Waals surface area contributed by atoms with E-state index in [2.05, 4.69) is 57.6 Å². The van der Waals surface area contributed by atoms with Crippen LogP contribution in [-0.2, 0) is 0 Å². The molecule has 1 aliphatic rings. The Labute approximate surface area is 123 Å². The van der Waals surface area contributed by atoms with Crippen LogP contribution in [0.25, 0.3) is 0 Å². The van der Waals surface area contributed by atoms with Crippen molar-refractivity contribution < 1.29 is 0 Å². The fourth-order valence-corrected chi connectivity index (χ4v) is 2.71. The summed E-state index contributed by atoms with van der Waals surface area (Å²) in [6.45, 7) is 4.15. The van der Waals surface area contributed by atoms with E-state index in [1.54, 1.807) is 0 Å². The molecule has 1 fully saturated rings. The predicted molar refractivity (Wildman–Crippen MR) is 84.3 cm³/mol. The molecular weight excluding hydrogens is 304 g/mol. The number of hydrazine groups is 1. The molecule has 5 heteroatoms. The molecule has 0 radical (unpaired) electrons. The van der Waals surface area contributed by atoms with Gasteiger partial charge in [0.25, 0.3) is 0 Å². The van der Waals surface area contributed by atoms with Crippen LogP contribution in [0.2, 0.25) is 0 Å². The largest absolute Gasteiger partial charge is 0.325 e. The third kappa shape index (κ3) is 3.70. The van der Waals surface area contributed by atoms with E-state index in [0.717, 1.165) is 23.0 Å². The normalized spacial score (nSPS) is 16.7. The molecule has 2 rings (SSSR count). The Morgan fingerprint density at radius 3 is 2.37 bits per heavy atom. The molecule has 0 bridgehead atoms. The lowest BCUT2D eigenvalue weighted by Gasteiger charge is -2.14. The number of hydrogen-bond donors (Lipinski definition) is 3. The third-order valence-electron chi connectivity index (χ3n) is 3.47. The summed E-state index contributed by atoms with van der Waals surface area (Å²) < 4.78 is 1.15. The Morgan fingerprint density at radius 2 is 1.84 bits per heavy atom. The van der Waals surface area contributed by atoms with Crippen molar-refractivity contribution in [3.63, 3.8) is 0 Å². The molecule has 0 unspecified atom stereocenters. The quantitative estimate of drug-likeness (QED) is 0.339. The number of hydrogen-bond acceptors (Lipinski definition) is 2. The highest BCUT2D eigenvalue weighted by Crippen LogP contribution is 2.25. The van der Waals surface area contributed by atoms with Crippen LogP contribution in [0.5, 0.6) is 0 Å². The first-order valence-corrected chi connectivity index (χ1v) is 7.47. The average Bonchev–Trinajstić information content (AvgIpc) is 2.88. The number of aliphatic imine (C=N–C) groups is 1. The molecule has 0 aliphatic heterocycles. The number of halogens is 1. The smallest absolute Gasteiger partial charge is 0.210 e. The fourth-order valence-electron chi connectivity index (χ4n) is 2.48. The summed E-state index contributed by atoms with van der Waals surface area (Å²) >= 11 is 3.57. The summed E-state index contributed by atoms with van der Waals surface area (Å²) in [5.41, 5.74) is 6.05. The molecular formula is C14H21BrN4. The van der Waals surface area contributed by atoms with Crippen LogP contribution in [0.4, 0.5) is 5.69 Å². The van der Waals surface area contributed by atoms with Crippen LogP contribution in [0.1, 0.15) is 36.8 Å². The lowest BCUT2D eigenvalue weighted by Crippen LogP contribution is -2.37. The molecule has 1 aromatic carbocycles. The summed E-state index contributed by atoms with van der Waals surface area (Å²) in [5, 5.41) is 3.26. The number of nitrogens with one attached hydrogen (secondary N) is 2. The SMILES string of the molecule is Cc1cc(NC(=NC2CCCC2)NN)cc(C)c1Br. The van der Waals surface area contributed by atoms with Gasteiger partial charge in [-0.05, 0) is 49.9 Å². The van der Waals surface area contributed by atoms with Crippen molar-refractivity contribution in [2.24, 2.45) is 10.8 Å². The summed E-state index contributed by atoms with van der Waals surface area (Å²) in [7, 11) is 0. The lowest BCUT2D eigenvalue weighted by atomic mass is 10.1. The van der Waals surface area contributed by atoms with Gasteiger partial charge in [0, 0.05) is 10.2 Å². The highest BCUT2D eigenvalue weighted by molar-refractivity contribution is 9.10. The molecule has 0 amide bonds. The minimum atomic E-state index is 0.399. The molecule has 19 heavy (non-hydrogen) atoms. The number of anilines is 1. The van der Waals surface area contributed by atoms with Gasteiger partial charge in [0.1, 0.15) is 0 Å². The first kappa shape index (κ1) is 14.3. The molecule has 0 aromatic heterocycles. The molecule has 4 N–H and O–H groups in total. The van der Waals surface area contributed by atoms with E-state index < -0.39 is 0 Å². The molecule has 4 nitrogen and oxygen atoms in total. The summed E-state index contributed by atoms with van der Waals surface area (Å²) in [5.74, 6) is 6.20. The second kappa shape index (κ2) is 6.39. The van der Waals surface area contributed by atoms with Gasteiger partial charge in [0.15, 0.2) is 0 Å². The molecule has 104 valence electrons. The maximum atomic E-state index is 5.55. The van der Waals surface area contributed by atoms with Gasteiger partial charge in [-0.3, -0.25) is 5.43 Å². The standard InChI is InChI=1S/C14H21BrN4/c1-9-7-12(8-10(2)13(9)15)18-14(19-16)17-11-5-3-4-6-11/h7-8,11H,3-6,16H2,1-2H3,(H2,17,18,19). The van der Waals surface area contributed by atoms with Gasteiger partial charge in [-0.1, -0.05) is 28.8 Å². The van der Waals surface area contributed by atoms with Crippen LogP contribution in [-0.4, -0.2) is 12.0 Å². The van der Waals surface area contributed by atoms with Gasteiger partial charge in [-0.25, -0.2) is 10.8 Å². The van der Waals surface area contributed by atoms with Crippen molar-refractivity contribution in [2.75, 3.05) is 5.32 Å². The van der Waals surface area contributed by atoms with Crippen LogP contribution < -0.4 is 16.6 Å². The van der Waals surface area contributed by atoms with E-state index >= 15 is 0 Å². The Morgan fingerprint density at radius 1 is 1.26 bits per heavy atom. The molecule has 0 saturated heterocycles. The number of rotatable bonds is 2. The topological polar surface area (TPSA) is 62.4 Å². The first-order valence-electron chi connectivity index (χ1n) is 6.68. The number of nitrogens with two attached hydrogens (primary N) is 1. The van der Waals surface area contributed by atoms with Crippen LogP contribution >= 0.6 is 15.9 Å². The zero-order valence-corrected chi connectivity index (χ0v) is 13.0. The zero-order chi connectivity index (χ0) is 13.8. The Kier molecular flexibility index (Phi) is 4.82. The zero-order valence-electron chi connectivity index (χ0n) is 11.5. The lowest BCUT2D eigenvalue weighted by molar-refractivity contribution is 0.700. The van der Waals surface area contributed by atoms with Gasteiger partial charge in [0.05, 0.1) is 6.04 Å². The Balaban J connectivity index is 2.13. The first-order chi connectivity index (χ1) is 9.10.